The molecule has 3 nitrogen and oxygen atoms in total. The summed E-state index contributed by atoms with van der Waals surface area (Å²) in [6, 6.07) is 12.5. The van der Waals surface area contributed by atoms with Crippen molar-refractivity contribution in [3.05, 3.63) is 36.4 Å². The average Bonchev–Trinajstić information content (AvgIpc) is 3.00. The van der Waals surface area contributed by atoms with Gasteiger partial charge in [0.2, 0.25) is 5.91 Å². The van der Waals surface area contributed by atoms with Crippen LogP contribution in [0, 0.1) is 0 Å². The Kier molecular flexibility index (Phi) is 4.44. The first-order valence-electron chi connectivity index (χ1n) is 7.55. The Bertz CT molecular complexity index is 637. The van der Waals surface area contributed by atoms with Crippen LogP contribution in [0.3, 0.4) is 0 Å². The van der Waals surface area contributed by atoms with Crippen LogP contribution in [0.2, 0.25) is 0 Å². The van der Waals surface area contributed by atoms with E-state index in [1.54, 1.807) is 0 Å². The van der Waals surface area contributed by atoms with Crippen molar-refractivity contribution in [1.29, 1.82) is 0 Å². The van der Waals surface area contributed by atoms with E-state index in [-0.39, 0.29) is 11.2 Å². The Morgan fingerprint density at radius 2 is 2.00 bits per heavy atom. The van der Waals surface area contributed by atoms with E-state index in [9.17, 15) is 4.79 Å². The van der Waals surface area contributed by atoms with Crippen molar-refractivity contribution < 1.29 is 4.79 Å². The number of nitrogens with zero attached hydrogens (tertiary/aromatic N) is 1. The second-order valence-corrected chi connectivity index (χ2v) is 6.95. The lowest BCUT2D eigenvalue weighted by atomic mass is 10.2. The number of benzene rings is 1. The highest BCUT2D eigenvalue weighted by atomic mass is 32.2. The van der Waals surface area contributed by atoms with Crippen LogP contribution >= 0.6 is 11.8 Å². The smallest absolute Gasteiger partial charge is 0.233 e. The van der Waals surface area contributed by atoms with Gasteiger partial charge in [-0.1, -0.05) is 48.9 Å². The maximum Gasteiger partial charge on any atom is 0.233 e. The Balaban J connectivity index is 1.64. The fraction of sp³-hybridized carbons (Fsp3) is 0.412. The number of amides is 1. The minimum absolute atomic E-state index is 0.112. The number of carbonyl (C=O) groups excluding carboxylic acids is 1. The fourth-order valence-electron chi connectivity index (χ4n) is 2.74. The summed E-state index contributed by atoms with van der Waals surface area (Å²) in [5, 5.41) is 5.07. The van der Waals surface area contributed by atoms with Crippen LogP contribution in [0.15, 0.2) is 41.4 Å². The number of rotatable bonds is 4. The van der Waals surface area contributed by atoms with Crippen LogP contribution in [0.25, 0.3) is 10.9 Å². The maximum atomic E-state index is 12.2. The Hall–Kier alpha value is -1.55. The van der Waals surface area contributed by atoms with Gasteiger partial charge in [-0.05, 0) is 31.9 Å². The summed E-state index contributed by atoms with van der Waals surface area (Å²) in [6.45, 7) is 1.95. The second kappa shape index (κ2) is 6.48. The first-order chi connectivity index (χ1) is 10.2. The summed E-state index contributed by atoms with van der Waals surface area (Å²) in [5.74, 6) is 0.127. The fourth-order valence-corrected chi connectivity index (χ4v) is 3.57. The third kappa shape index (κ3) is 3.56. The van der Waals surface area contributed by atoms with Crippen LogP contribution in [-0.4, -0.2) is 22.2 Å². The highest BCUT2D eigenvalue weighted by Crippen LogP contribution is 2.25. The van der Waals surface area contributed by atoms with Crippen LogP contribution in [0.4, 0.5) is 0 Å². The summed E-state index contributed by atoms with van der Waals surface area (Å²) in [5.41, 5.74) is 0.978. The second-order valence-electron chi connectivity index (χ2n) is 5.59. The number of hydrogen-bond acceptors (Lipinski definition) is 3. The van der Waals surface area contributed by atoms with Gasteiger partial charge in [-0.15, -0.1) is 0 Å². The maximum absolute atomic E-state index is 12.2. The molecule has 2 aromatic rings. The molecule has 0 spiro atoms. The SMILES string of the molecule is CC(Sc1ccc2ccccc2n1)C(=O)NC1CCCC1. The van der Waals surface area contributed by atoms with Crippen molar-refractivity contribution in [2.75, 3.05) is 0 Å². The van der Waals surface area contributed by atoms with Gasteiger partial charge in [0.1, 0.15) is 0 Å². The van der Waals surface area contributed by atoms with Gasteiger partial charge >= 0.3 is 0 Å². The van der Waals surface area contributed by atoms with Gasteiger partial charge in [0.05, 0.1) is 15.8 Å². The van der Waals surface area contributed by atoms with E-state index in [1.165, 1.54) is 24.6 Å². The van der Waals surface area contributed by atoms with E-state index < -0.39 is 0 Å². The highest BCUT2D eigenvalue weighted by Gasteiger charge is 2.21. The number of fused-ring (bicyclic) bond motifs is 1. The summed E-state index contributed by atoms with van der Waals surface area (Å²) in [4.78, 5) is 16.8. The molecule has 1 unspecified atom stereocenters. The first-order valence-corrected chi connectivity index (χ1v) is 8.43. The van der Waals surface area contributed by atoms with Crippen LogP contribution in [0.5, 0.6) is 0 Å². The zero-order valence-electron chi connectivity index (χ0n) is 12.2. The van der Waals surface area contributed by atoms with Gasteiger partial charge in [-0.3, -0.25) is 4.79 Å². The molecular weight excluding hydrogens is 280 g/mol. The number of para-hydroxylation sites is 1. The number of pyridine rings is 1. The standard InChI is InChI=1S/C17H20N2OS/c1-12(17(20)18-14-7-3-4-8-14)21-16-11-10-13-6-2-5-9-15(13)19-16/h2,5-6,9-12,14H,3-4,7-8H2,1H3,(H,18,20). The Morgan fingerprint density at radius 3 is 2.81 bits per heavy atom. The zero-order valence-corrected chi connectivity index (χ0v) is 13.0. The molecule has 0 aliphatic heterocycles. The van der Waals surface area contributed by atoms with Crippen molar-refractivity contribution in [2.24, 2.45) is 0 Å². The number of thioether (sulfide) groups is 1. The molecule has 0 radical (unpaired) electrons. The number of nitrogens with one attached hydrogen (secondary N) is 1. The zero-order chi connectivity index (χ0) is 14.7. The molecule has 0 saturated heterocycles. The molecule has 1 aromatic carbocycles. The molecule has 1 aliphatic rings. The van der Waals surface area contributed by atoms with Crippen LogP contribution in [-0.2, 0) is 4.79 Å². The quantitative estimate of drug-likeness (QED) is 0.874. The molecule has 21 heavy (non-hydrogen) atoms. The summed E-state index contributed by atoms with van der Waals surface area (Å²) in [7, 11) is 0. The molecule has 4 heteroatoms. The van der Waals surface area contributed by atoms with Gasteiger partial charge < -0.3 is 5.32 Å². The largest absolute Gasteiger partial charge is 0.352 e. The van der Waals surface area contributed by atoms with Crippen molar-refractivity contribution in [3.8, 4) is 0 Å². The van der Waals surface area contributed by atoms with Crippen molar-refractivity contribution in [2.45, 2.75) is 48.9 Å². The molecule has 1 amide bonds. The van der Waals surface area contributed by atoms with E-state index in [1.807, 2.05) is 37.3 Å². The van der Waals surface area contributed by atoms with Crippen molar-refractivity contribution in [3.63, 3.8) is 0 Å². The molecule has 1 heterocycles. The summed E-state index contributed by atoms with van der Waals surface area (Å²) in [6.07, 6.45) is 4.71. The van der Waals surface area contributed by atoms with E-state index >= 15 is 0 Å². The van der Waals surface area contributed by atoms with E-state index in [0.29, 0.717) is 6.04 Å². The molecular formula is C17H20N2OS. The van der Waals surface area contributed by atoms with E-state index in [2.05, 4.69) is 16.4 Å². The summed E-state index contributed by atoms with van der Waals surface area (Å²) < 4.78 is 0. The molecule has 110 valence electrons. The number of hydrogen-bond donors (Lipinski definition) is 1. The normalized spacial score (nSPS) is 17.0. The van der Waals surface area contributed by atoms with Gasteiger partial charge in [0.15, 0.2) is 0 Å². The lowest BCUT2D eigenvalue weighted by molar-refractivity contribution is -0.120. The molecule has 1 atom stereocenters. The van der Waals surface area contributed by atoms with Gasteiger partial charge in [-0.25, -0.2) is 4.98 Å². The minimum atomic E-state index is -0.112. The third-order valence-electron chi connectivity index (χ3n) is 3.94. The Morgan fingerprint density at radius 1 is 1.24 bits per heavy atom. The monoisotopic (exact) mass is 300 g/mol. The molecule has 0 bridgehead atoms. The average molecular weight is 300 g/mol. The topological polar surface area (TPSA) is 42.0 Å². The molecule has 1 fully saturated rings. The molecule has 1 aliphatic carbocycles. The van der Waals surface area contributed by atoms with Crippen LogP contribution < -0.4 is 5.32 Å². The van der Waals surface area contributed by atoms with Crippen LogP contribution in [0.1, 0.15) is 32.6 Å². The molecule has 1 saturated carbocycles. The predicted octanol–water partition coefficient (Wildman–Crippen LogP) is 3.77. The summed E-state index contributed by atoms with van der Waals surface area (Å²) >= 11 is 1.53. The van der Waals surface area contributed by atoms with Gasteiger partial charge in [0.25, 0.3) is 0 Å². The van der Waals surface area contributed by atoms with Gasteiger partial charge in [-0.2, -0.15) is 0 Å². The highest BCUT2D eigenvalue weighted by molar-refractivity contribution is 8.00. The minimum Gasteiger partial charge on any atom is -0.352 e. The van der Waals surface area contributed by atoms with E-state index in [0.717, 1.165) is 28.8 Å². The third-order valence-corrected chi connectivity index (χ3v) is 4.98. The Labute approximate surface area is 129 Å². The molecule has 1 N–H and O–H groups in total. The van der Waals surface area contributed by atoms with Gasteiger partial charge in [0, 0.05) is 11.4 Å². The number of carbonyl (C=O) groups is 1. The molecule has 3 rings (SSSR count). The lowest BCUT2D eigenvalue weighted by Crippen LogP contribution is -2.37. The first kappa shape index (κ1) is 14.4. The lowest BCUT2D eigenvalue weighted by Gasteiger charge is -2.16. The number of aromatic nitrogens is 1. The van der Waals surface area contributed by atoms with Crippen molar-refractivity contribution in [1.82, 2.24) is 10.3 Å². The van der Waals surface area contributed by atoms with Crippen molar-refractivity contribution >= 4 is 28.6 Å². The predicted molar refractivity (Wildman–Crippen MR) is 87.5 cm³/mol. The molecule has 1 aromatic heterocycles. The van der Waals surface area contributed by atoms with E-state index in [4.69, 9.17) is 0 Å².